The Morgan fingerprint density at radius 2 is 2.00 bits per heavy atom. The number of hydrogen-bond acceptors (Lipinski definition) is 5. The molecular weight excluding hydrogens is 425 g/mol. The molecule has 31 heavy (non-hydrogen) atoms. The van der Waals surface area contributed by atoms with Gasteiger partial charge in [0.1, 0.15) is 11.4 Å². The SMILES string of the molecule is O=C(N[C@H]1COCC[C@H]1O)c1cc(-c2ccc(Cl)cc2)nn(-c2cccc(F)c2)c1=O. The molecule has 7 nitrogen and oxygen atoms in total. The van der Waals surface area contributed by atoms with E-state index < -0.39 is 29.4 Å². The highest BCUT2D eigenvalue weighted by Gasteiger charge is 2.27. The van der Waals surface area contributed by atoms with Gasteiger partial charge in [-0.2, -0.15) is 9.78 Å². The van der Waals surface area contributed by atoms with E-state index in [2.05, 4.69) is 10.4 Å². The van der Waals surface area contributed by atoms with Crippen molar-refractivity contribution in [1.82, 2.24) is 15.1 Å². The van der Waals surface area contributed by atoms with Crippen LogP contribution in [-0.4, -0.2) is 46.2 Å². The summed E-state index contributed by atoms with van der Waals surface area (Å²) in [4.78, 5) is 26.0. The molecule has 1 saturated heterocycles. The molecule has 1 amide bonds. The van der Waals surface area contributed by atoms with Crippen LogP contribution in [0.3, 0.4) is 0 Å². The molecule has 0 unspecified atom stereocenters. The first-order valence-corrected chi connectivity index (χ1v) is 10.0. The Kier molecular flexibility index (Phi) is 6.13. The number of amides is 1. The number of benzene rings is 2. The first-order valence-electron chi connectivity index (χ1n) is 9.65. The zero-order valence-electron chi connectivity index (χ0n) is 16.3. The highest BCUT2D eigenvalue weighted by molar-refractivity contribution is 6.30. The van der Waals surface area contributed by atoms with Crippen LogP contribution < -0.4 is 10.9 Å². The summed E-state index contributed by atoms with van der Waals surface area (Å²) >= 11 is 5.96. The molecule has 2 N–H and O–H groups in total. The molecule has 1 fully saturated rings. The molecular formula is C22H19ClFN3O4. The lowest BCUT2D eigenvalue weighted by atomic mass is 10.1. The topological polar surface area (TPSA) is 93.4 Å². The van der Waals surface area contributed by atoms with Crippen molar-refractivity contribution in [1.29, 1.82) is 0 Å². The van der Waals surface area contributed by atoms with Gasteiger partial charge in [-0.25, -0.2) is 4.39 Å². The number of hydrogen-bond donors (Lipinski definition) is 2. The number of aliphatic hydroxyl groups is 1. The summed E-state index contributed by atoms with van der Waals surface area (Å²) in [6.45, 7) is 0.538. The maximum atomic E-state index is 13.8. The average molecular weight is 444 g/mol. The van der Waals surface area contributed by atoms with Crippen LogP contribution in [0.25, 0.3) is 16.9 Å². The number of ether oxygens (including phenoxy) is 1. The second kappa shape index (κ2) is 8.97. The Hall–Kier alpha value is -3.07. The minimum atomic E-state index is -0.777. The van der Waals surface area contributed by atoms with Crippen LogP contribution in [0.1, 0.15) is 16.8 Å². The molecule has 160 valence electrons. The summed E-state index contributed by atoms with van der Waals surface area (Å²) < 4.78 is 20.1. The highest BCUT2D eigenvalue weighted by atomic mass is 35.5. The predicted molar refractivity (Wildman–Crippen MR) is 113 cm³/mol. The van der Waals surface area contributed by atoms with Crippen molar-refractivity contribution in [2.24, 2.45) is 0 Å². The van der Waals surface area contributed by atoms with E-state index in [9.17, 15) is 19.1 Å². The van der Waals surface area contributed by atoms with Crippen molar-refractivity contribution >= 4 is 17.5 Å². The van der Waals surface area contributed by atoms with Crippen LogP contribution >= 0.6 is 11.6 Å². The summed E-state index contributed by atoms with van der Waals surface area (Å²) in [6, 6.07) is 12.8. The third kappa shape index (κ3) is 4.66. The largest absolute Gasteiger partial charge is 0.391 e. The lowest BCUT2D eigenvalue weighted by molar-refractivity contribution is -0.0140. The van der Waals surface area contributed by atoms with Crippen molar-refractivity contribution in [3.8, 4) is 16.9 Å². The van der Waals surface area contributed by atoms with E-state index in [1.807, 2.05) is 0 Å². The molecule has 1 aliphatic rings. The molecule has 1 aliphatic heterocycles. The number of carbonyl (C=O) groups excluding carboxylic acids is 1. The smallest absolute Gasteiger partial charge is 0.284 e. The van der Waals surface area contributed by atoms with Crippen LogP contribution in [0.2, 0.25) is 5.02 Å². The summed E-state index contributed by atoms with van der Waals surface area (Å²) in [7, 11) is 0. The Labute approximate surface area is 182 Å². The monoisotopic (exact) mass is 443 g/mol. The third-order valence-electron chi connectivity index (χ3n) is 4.99. The van der Waals surface area contributed by atoms with E-state index in [-0.39, 0.29) is 17.9 Å². The van der Waals surface area contributed by atoms with Crippen molar-refractivity contribution < 1.29 is 19.0 Å². The maximum Gasteiger partial charge on any atom is 0.284 e. The zero-order valence-corrected chi connectivity index (χ0v) is 17.1. The van der Waals surface area contributed by atoms with E-state index in [1.165, 1.54) is 24.3 Å². The Morgan fingerprint density at radius 1 is 1.23 bits per heavy atom. The Balaban J connectivity index is 1.80. The Morgan fingerprint density at radius 3 is 2.71 bits per heavy atom. The van der Waals surface area contributed by atoms with Gasteiger partial charge in [0.2, 0.25) is 0 Å². The predicted octanol–water partition coefficient (Wildman–Crippen LogP) is 2.57. The van der Waals surface area contributed by atoms with Gasteiger partial charge in [-0.3, -0.25) is 9.59 Å². The maximum absolute atomic E-state index is 13.8. The summed E-state index contributed by atoms with van der Waals surface area (Å²) in [5.74, 6) is -1.22. The van der Waals surface area contributed by atoms with Crippen molar-refractivity contribution in [2.45, 2.75) is 18.6 Å². The molecule has 9 heteroatoms. The summed E-state index contributed by atoms with van der Waals surface area (Å²) in [6.07, 6.45) is -0.397. The molecule has 2 atom stereocenters. The number of aliphatic hydroxyl groups excluding tert-OH is 1. The third-order valence-corrected chi connectivity index (χ3v) is 5.24. The minimum Gasteiger partial charge on any atom is -0.391 e. The van der Waals surface area contributed by atoms with Gasteiger partial charge in [0.05, 0.1) is 30.1 Å². The van der Waals surface area contributed by atoms with Crippen LogP contribution in [0.15, 0.2) is 59.4 Å². The van der Waals surface area contributed by atoms with Crippen molar-refractivity contribution in [2.75, 3.05) is 13.2 Å². The Bertz CT molecular complexity index is 1170. The molecule has 0 bridgehead atoms. The number of nitrogens with zero attached hydrogens (tertiary/aromatic N) is 2. The van der Waals surface area contributed by atoms with Crippen LogP contribution in [0.5, 0.6) is 0 Å². The molecule has 4 rings (SSSR count). The van der Waals surface area contributed by atoms with Gasteiger partial charge < -0.3 is 15.2 Å². The standard InChI is InChI=1S/C22H19ClFN3O4/c23-14-6-4-13(5-7-14)18-11-17(21(29)25-19-12-31-9-8-20(19)28)22(30)27(26-18)16-3-1-2-15(24)10-16/h1-7,10-11,19-20,28H,8-9,12H2,(H,25,29)/t19-,20+/m0/s1. The fourth-order valence-corrected chi connectivity index (χ4v) is 3.44. The molecule has 0 aliphatic carbocycles. The second-order valence-electron chi connectivity index (χ2n) is 7.16. The van der Waals surface area contributed by atoms with Gasteiger partial charge in [-0.05, 0) is 42.8 Å². The van der Waals surface area contributed by atoms with Gasteiger partial charge in [-0.15, -0.1) is 0 Å². The van der Waals surface area contributed by atoms with Gasteiger partial charge in [-0.1, -0.05) is 29.8 Å². The van der Waals surface area contributed by atoms with E-state index in [1.54, 1.807) is 24.3 Å². The first-order chi connectivity index (χ1) is 14.9. The van der Waals surface area contributed by atoms with Gasteiger partial charge >= 0.3 is 0 Å². The van der Waals surface area contributed by atoms with Gasteiger partial charge in [0, 0.05) is 17.2 Å². The number of rotatable bonds is 4. The summed E-state index contributed by atoms with van der Waals surface area (Å²) in [5.41, 5.74) is 0.209. The number of aromatic nitrogens is 2. The fourth-order valence-electron chi connectivity index (χ4n) is 3.31. The molecule has 0 spiro atoms. The van der Waals surface area contributed by atoms with E-state index in [0.717, 1.165) is 10.7 Å². The quantitative estimate of drug-likeness (QED) is 0.646. The van der Waals surface area contributed by atoms with Crippen molar-refractivity contribution in [3.63, 3.8) is 0 Å². The molecule has 1 aromatic heterocycles. The lowest BCUT2D eigenvalue weighted by Crippen LogP contribution is -2.50. The van der Waals surface area contributed by atoms with Gasteiger partial charge in [0.25, 0.3) is 11.5 Å². The molecule has 0 saturated carbocycles. The minimum absolute atomic E-state index is 0.139. The number of carbonyl (C=O) groups is 1. The lowest BCUT2D eigenvalue weighted by Gasteiger charge is -2.28. The van der Waals surface area contributed by atoms with Crippen molar-refractivity contribution in [3.05, 3.63) is 81.4 Å². The van der Waals surface area contributed by atoms with E-state index >= 15 is 0 Å². The average Bonchev–Trinajstić information content (AvgIpc) is 2.76. The fraction of sp³-hybridized carbons (Fsp3) is 0.227. The number of nitrogens with one attached hydrogen (secondary N) is 1. The summed E-state index contributed by atoms with van der Waals surface area (Å²) in [5, 5.41) is 17.6. The second-order valence-corrected chi connectivity index (χ2v) is 7.59. The molecule has 0 radical (unpaired) electrons. The zero-order chi connectivity index (χ0) is 22.0. The van der Waals surface area contributed by atoms with Gasteiger partial charge in [0.15, 0.2) is 0 Å². The first kappa shape index (κ1) is 21.2. The van der Waals surface area contributed by atoms with Crippen LogP contribution in [0, 0.1) is 5.82 Å². The molecule has 2 aromatic carbocycles. The normalized spacial score (nSPS) is 18.5. The highest BCUT2D eigenvalue weighted by Crippen LogP contribution is 2.21. The molecule has 2 heterocycles. The molecule has 3 aromatic rings. The van der Waals surface area contributed by atoms with E-state index in [4.69, 9.17) is 16.3 Å². The van der Waals surface area contributed by atoms with E-state index in [0.29, 0.717) is 29.3 Å². The van der Waals surface area contributed by atoms with Crippen LogP contribution in [0.4, 0.5) is 4.39 Å². The van der Waals surface area contributed by atoms with Crippen LogP contribution in [-0.2, 0) is 4.74 Å². The number of halogens is 2.